The van der Waals surface area contributed by atoms with E-state index in [2.05, 4.69) is 29.0 Å². The van der Waals surface area contributed by atoms with Crippen molar-refractivity contribution in [2.45, 2.75) is 0 Å². The van der Waals surface area contributed by atoms with Gasteiger partial charge in [-0.15, -0.1) is 26.2 Å². The molecule has 1 aromatic carbocycles. The van der Waals surface area contributed by atoms with Crippen molar-refractivity contribution in [2.24, 2.45) is 0 Å². The Morgan fingerprint density at radius 1 is 0.929 bits per heavy atom. The highest BCUT2D eigenvalue weighted by Gasteiger charge is 2.02. The Hall–Kier alpha value is -0.650. The third-order valence-electron chi connectivity index (χ3n) is 1.98. The molecule has 1 rings (SSSR count). The number of benzene rings is 1. The second-order valence-corrected chi connectivity index (χ2v) is 3.31. The largest absolute Gasteiger partial charge is 0.114 e. The average molecular weight is 269 g/mol. The van der Waals surface area contributed by atoms with E-state index in [1.54, 1.807) is 0 Å². The van der Waals surface area contributed by atoms with Gasteiger partial charge in [-0.2, -0.15) is 0 Å². The van der Waals surface area contributed by atoms with Gasteiger partial charge in [0, 0.05) is 0 Å². The topological polar surface area (TPSA) is 0 Å². The van der Waals surface area contributed by atoms with Gasteiger partial charge in [0.2, 0.25) is 0 Å². The van der Waals surface area contributed by atoms with Crippen molar-refractivity contribution in [1.29, 1.82) is 0 Å². The summed E-state index contributed by atoms with van der Waals surface area (Å²) in [4.78, 5) is 0. The quantitative estimate of drug-likeness (QED) is 0.734. The first-order valence-corrected chi connectivity index (χ1v) is 4.62. The van der Waals surface area contributed by atoms with Crippen molar-refractivity contribution in [1.82, 2.24) is 0 Å². The summed E-state index contributed by atoms with van der Waals surface area (Å²) >= 11 is 0. The molecular formula is C12H14BrP. The maximum absolute atomic E-state index is 3.78. The number of rotatable bonds is 3. The minimum Gasteiger partial charge on any atom is -0.114 e. The Kier molecular flexibility index (Phi) is 5.68. The lowest BCUT2D eigenvalue weighted by molar-refractivity contribution is 1.62. The van der Waals surface area contributed by atoms with Gasteiger partial charge in [-0.25, -0.2) is 0 Å². The van der Waals surface area contributed by atoms with Crippen LogP contribution in [-0.2, 0) is 0 Å². The lowest BCUT2D eigenvalue weighted by Gasteiger charge is -2.08. The molecule has 0 heterocycles. The van der Waals surface area contributed by atoms with Crippen LogP contribution in [0.3, 0.4) is 0 Å². The van der Waals surface area contributed by atoms with Crippen molar-refractivity contribution >= 4 is 49.8 Å². The lowest BCUT2D eigenvalue weighted by atomic mass is 10.0. The van der Waals surface area contributed by atoms with Crippen LogP contribution in [0.25, 0.3) is 18.2 Å². The Balaban J connectivity index is 0.00000169. The van der Waals surface area contributed by atoms with Crippen LogP contribution in [0.5, 0.6) is 0 Å². The third kappa shape index (κ3) is 2.43. The molecule has 0 saturated carbocycles. The second kappa shape index (κ2) is 5.95. The van der Waals surface area contributed by atoms with E-state index in [-0.39, 0.29) is 17.0 Å². The zero-order valence-corrected chi connectivity index (χ0v) is 10.9. The smallest absolute Gasteiger partial charge is 0.0112 e. The SMILES string of the molecule is Br.C=Cc1ccc(P)c(C=C)c1C=C. The second-order valence-electron chi connectivity index (χ2n) is 2.68. The van der Waals surface area contributed by atoms with Gasteiger partial charge in [0.1, 0.15) is 0 Å². The van der Waals surface area contributed by atoms with Gasteiger partial charge in [0.05, 0.1) is 0 Å². The number of hydrogen-bond acceptors (Lipinski definition) is 0. The predicted molar refractivity (Wildman–Crippen MR) is 76.4 cm³/mol. The van der Waals surface area contributed by atoms with Crippen LogP contribution in [0.15, 0.2) is 31.9 Å². The fraction of sp³-hybridized carbons (Fsp3) is 0. The number of hydrogen-bond donors (Lipinski definition) is 0. The van der Waals surface area contributed by atoms with E-state index in [0.717, 1.165) is 22.0 Å². The summed E-state index contributed by atoms with van der Waals surface area (Å²) in [7, 11) is 2.68. The summed E-state index contributed by atoms with van der Waals surface area (Å²) in [5, 5.41) is 1.13. The molecule has 0 radical (unpaired) electrons. The molecule has 0 nitrogen and oxygen atoms in total. The van der Waals surface area contributed by atoms with Crippen LogP contribution in [0.2, 0.25) is 0 Å². The zero-order chi connectivity index (χ0) is 9.84. The zero-order valence-electron chi connectivity index (χ0n) is 7.99. The van der Waals surface area contributed by atoms with Crippen LogP contribution in [-0.4, -0.2) is 0 Å². The normalized spacial score (nSPS) is 8.64. The highest BCUT2D eigenvalue weighted by atomic mass is 79.9. The van der Waals surface area contributed by atoms with Gasteiger partial charge >= 0.3 is 0 Å². The molecule has 0 fully saturated rings. The molecule has 0 aliphatic heterocycles. The molecule has 0 aliphatic carbocycles. The van der Waals surface area contributed by atoms with Crippen molar-refractivity contribution < 1.29 is 0 Å². The first kappa shape index (κ1) is 13.4. The van der Waals surface area contributed by atoms with Gasteiger partial charge in [0.25, 0.3) is 0 Å². The van der Waals surface area contributed by atoms with Gasteiger partial charge in [-0.1, -0.05) is 50.1 Å². The fourth-order valence-electron chi connectivity index (χ4n) is 1.30. The van der Waals surface area contributed by atoms with E-state index in [9.17, 15) is 0 Å². The summed E-state index contributed by atoms with van der Waals surface area (Å²) in [6.07, 6.45) is 5.50. The molecule has 1 aromatic rings. The monoisotopic (exact) mass is 268 g/mol. The summed E-state index contributed by atoms with van der Waals surface area (Å²) in [6.45, 7) is 11.3. The molecule has 74 valence electrons. The van der Waals surface area contributed by atoms with Crippen LogP contribution in [0.1, 0.15) is 16.7 Å². The van der Waals surface area contributed by atoms with Gasteiger partial charge < -0.3 is 0 Å². The Labute approximate surface area is 98.4 Å². The molecule has 0 aliphatic rings. The first-order chi connectivity index (χ1) is 6.24. The molecule has 0 N–H and O–H groups in total. The predicted octanol–water partition coefficient (Wildman–Crippen LogP) is 3.69. The average Bonchev–Trinajstić information content (AvgIpc) is 2.17. The molecule has 1 atom stereocenters. The van der Waals surface area contributed by atoms with Gasteiger partial charge in [-0.3, -0.25) is 0 Å². The van der Waals surface area contributed by atoms with Crippen LogP contribution in [0.4, 0.5) is 0 Å². The fourth-order valence-corrected chi connectivity index (χ4v) is 1.67. The van der Waals surface area contributed by atoms with E-state index in [1.807, 2.05) is 30.4 Å². The minimum absolute atomic E-state index is 0. The van der Waals surface area contributed by atoms with E-state index in [0.29, 0.717) is 0 Å². The molecule has 2 heteroatoms. The summed E-state index contributed by atoms with van der Waals surface area (Å²) in [5.41, 5.74) is 3.30. The van der Waals surface area contributed by atoms with Crippen LogP contribution >= 0.6 is 26.2 Å². The Morgan fingerprint density at radius 2 is 1.50 bits per heavy atom. The van der Waals surface area contributed by atoms with Crippen molar-refractivity contribution in [2.75, 3.05) is 0 Å². The summed E-state index contributed by atoms with van der Waals surface area (Å²) < 4.78 is 0. The lowest BCUT2D eigenvalue weighted by Crippen LogP contribution is -2.00. The molecule has 0 saturated heterocycles. The molecule has 1 unspecified atom stereocenters. The van der Waals surface area contributed by atoms with Crippen molar-refractivity contribution in [3.63, 3.8) is 0 Å². The highest BCUT2D eigenvalue weighted by molar-refractivity contribution is 8.93. The summed E-state index contributed by atoms with van der Waals surface area (Å²) in [5.74, 6) is 0. The van der Waals surface area contributed by atoms with Gasteiger partial charge in [-0.05, 0) is 22.0 Å². The molecule has 0 bridgehead atoms. The maximum atomic E-state index is 3.78. The summed E-state index contributed by atoms with van der Waals surface area (Å²) in [6, 6.07) is 4.06. The first-order valence-electron chi connectivity index (χ1n) is 4.04. The van der Waals surface area contributed by atoms with E-state index >= 15 is 0 Å². The van der Waals surface area contributed by atoms with Crippen molar-refractivity contribution in [3.05, 3.63) is 48.6 Å². The molecular weight excluding hydrogens is 255 g/mol. The van der Waals surface area contributed by atoms with Gasteiger partial charge in [0.15, 0.2) is 0 Å². The van der Waals surface area contributed by atoms with E-state index in [1.165, 1.54) is 0 Å². The Morgan fingerprint density at radius 3 is 1.93 bits per heavy atom. The van der Waals surface area contributed by atoms with Crippen LogP contribution < -0.4 is 5.30 Å². The minimum atomic E-state index is 0. The molecule has 0 amide bonds. The van der Waals surface area contributed by atoms with Crippen LogP contribution in [0, 0.1) is 0 Å². The highest BCUT2D eigenvalue weighted by Crippen LogP contribution is 2.18. The molecule has 0 spiro atoms. The molecule has 0 aromatic heterocycles. The third-order valence-corrected chi connectivity index (χ3v) is 2.49. The Bertz CT molecular complexity index is 367. The standard InChI is InChI=1S/C12H13P.BrH/c1-4-9-7-8-12(13)11(6-3)10(9)5-2;/h4-8H,1-3,13H2;1H. The van der Waals surface area contributed by atoms with E-state index in [4.69, 9.17) is 0 Å². The van der Waals surface area contributed by atoms with E-state index < -0.39 is 0 Å². The molecule has 14 heavy (non-hydrogen) atoms. The van der Waals surface area contributed by atoms with Crippen molar-refractivity contribution in [3.8, 4) is 0 Å². The maximum Gasteiger partial charge on any atom is -0.0112 e. The number of halogens is 1.